The van der Waals surface area contributed by atoms with Crippen LogP contribution >= 0.6 is 15.9 Å². The molecule has 0 bridgehead atoms. The molecule has 0 radical (unpaired) electrons. The molecule has 0 unspecified atom stereocenters. The topological polar surface area (TPSA) is 70.5 Å². The van der Waals surface area contributed by atoms with Gasteiger partial charge in [-0.25, -0.2) is 4.52 Å². The number of nitrogens with zero attached hydrogens (tertiary/aromatic N) is 3. The van der Waals surface area contributed by atoms with Gasteiger partial charge >= 0.3 is 0 Å². The molecule has 0 aliphatic carbocycles. The van der Waals surface area contributed by atoms with Crippen molar-refractivity contribution in [2.45, 2.75) is 13.0 Å². The van der Waals surface area contributed by atoms with Crippen LogP contribution in [0.25, 0.3) is 5.52 Å². The number of aliphatic hydroxyl groups is 1. The van der Waals surface area contributed by atoms with E-state index in [2.05, 4.69) is 27.1 Å². The number of rotatable bonds is 3. The van der Waals surface area contributed by atoms with Gasteiger partial charge in [0.2, 0.25) is 0 Å². The van der Waals surface area contributed by atoms with E-state index in [1.807, 2.05) is 0 Å². The molecule has 2 aromatic rings. The molecule has 0 saturated heterocycles. The maximum atomic E-state index is 9.14. The van der Waals surface area contributed by atoms with Crippen molar-refractivity contribution in [3.63, 3.8) is 0 Å². The average Bonchev–Trinajstić information content (AvgIpc) is 2.69. The molecule has 0 aliphatic rings. The molecule has 1 atom stereocenters. The normalized spacial score (nSPS) is 12.4. The molecule has 2 heterocycles. The van der Waals surface area contributed by atoms with Crippen LogP contribution in [-0.2, 0) is 0 Å². The van der Waals surface area contributed by atoms with Gasteiger partial charge in [0.25, 0.3) is 0 Å². The number of nitriles is 1. The first kappa shape index (κ1) is 11.9. The molecule has 0 spiro atoms. The molecule has 0 aromatic carbocycles. The SMILES string of the molecule is C[C@@H](O)COc1cc(Br)c2c(C#N)cnn2c1. The summed E-state index contributed by atoms with van der Waals surface area (Å²) in [6, 6.07) is 3.82. The van der Waals surface area contributed by atoms with Gasteiger partial charge in [0.1, 0.15) is 18.4 Å². The van der Waals surface area contributed by atoms with Gasteiger partial charge in [0.05, 0.1) is 29.6 Å². The Kier molecular flexibility index (Phi) is 3.31. The fraction of sp³-hybridized carbons (Fsp3) is 0.273. The van der Waals surface area contributed by atoms with Crippen LogP contribution in [0.5, 0.6) is 5.75 Å². The molecule has 1 N–H and O–H groups in total. The second kappa shape index (κ2) is 4.73. The lowest BCUT2D eigenvalue weighted by Gasteiger charge is -2.09. The molecular formula is C11H10BrN3O2. The van der Waals surface area contributed by atoms with Crippen molar-refractivity contribution in [3.8, 4) is 11.8 Å². The molecular weight excluding hydrogens is 286 g/mol. The summed E-state index contributed by atoms with van der Waals surface area (Å²) >= 11 is 3.37. The van der Waals surface area contributed by atoms with E-state index in [0.717, 1.165) is 4.47 Å². The minimum Gasteiger partial charge on any atom is -0.489 e. The van der Waals surface area contributed by atoms with Crippen molar-refractivity contribution in [1.29, 1.82) is 5.26 Å². The monoisotopic (exact) mass is 295 g/mol. The van der Waals surface area contributed by atoms with Crippen molar-refractivity contribution in [2.75, 3.05) is 6.61 Å². The van der Waals surface area contributed by atoms with Crippen LogP contribution in [0.15, 0.2) is 22.9 Å². The molecule has 0 saturated carbocycles. The zero-order valence-electron chi connectivity index (χ0n) is 9.09. The lowest BCUT2D eigenvalue weighted by molar-refractivity contribution is 0.122. The van der Waals surface area contributed by atoms with E-state index in [-0.39, 0.29) is 6.61 Å². The Balaban J connectivity index is 2.40. The van der Waals surface area contributed by atoms with E-state index < -0.39 is 6.10 Å². The van der Waals surface area contributed by atoms with Crippen molar-refractivity contribution in [3.05, 3.63) is 28.5 Å². The first-order valence-electron chi connectivity index (χ1n) is 4.99. The molecule has 0 aliphatic heterocycles. The van der Waals surface area contributed by atoms with E-state index >= 15 is 0 Å². The Morgan fingerprint density at radius 2 is 2.47 bits per heavy atom. The molecule has 88 valence electrons. The second-order valence-corrected chi connectivity index (χ2v) is 4.50. The van der Waals surface area contributed by atoms with E-state index in [1.165, 1.54) is 6.20 Å². The van der Waals surface area contributed by atoms with Crippen molar-refractivity contribution < 1.29 is 9.84 Å². The van der Waals surface area contributed by atoms with Crippen LogP contribution in [0.3, 0.4) is 0 Å². The van der Waals surface area contributed by atoms with Crippen molar-refractivity contribution >= 4 is 21.4 Å². The van der Waals surface area contributed by atoms with E-state index in [1.54, 1.807) is 23.7 Å². The van der Waals surface area contributed by atoms with Crippen LogP contribution in [0.4, 0.5) is 0 Å². The standard InChI is InChI=1S/C11H10BrN3O2/c1-7(16)6-17-9-2-10(12)11-8(3-13)4-14-15(11)5-9/h2,4-5,7,16H,6H2,1H3/t7-/m1/s1. The van der Waals surface area contributed by atoms with Gasteiger partial charge in [0, 0.05) is 4.47 Å². The first-order chi connectivity index (χ1) is 8.11. The third-order valence-electron chi connectivity index (χ3n) is 2.15. The average molecular weight is 296 g/mol. The quantitative estimate of drug-likeness (QED) is 0.936. The predicted octanol–water partition coefficient (Wildman–Crippen LogP) is 1.73. The van der Waals surface area contributed by atoms with Gasteiger partial charge in [0.15, 0.2) is 0 Å². The van der Waals surface area contributed by atoms with E-state index in [9.17, 15) is 0 Å². The summed E-state index contributed by atoms with van der Waals surface area (Å²) in [7, 11) is 0. The molecule has 0 amide bonds. The number of pyridine rings is 1. The minimum atomic E-state index is -0.531. The van der Waals surface area contributed by atoms with Gasteiger partial charge in [-0.3, -0.25) is 0 Å². The number of fused-ring (bicyclic) bond motifs is 1. The molecule has 17 heavy (non-hydrogen) atoms. The summed E-state index contributed by atoms with van der Waals surface area (Å²) in [6.45, 7) is 1.86. The predicted molar refractivity (Wildman–Crippen MR) is 64.8 cm³/mol. The van der Waals surface area contributed by atoms with E-state index in [4.69, 9.17) is 15.1 Å². The van der Waals surface area contributed by atoms with Crippen LogP contribution < -0.4 is 4.74 Å². The lowest BCUT2D eigenvalue weighted by Crippen LogP contribution is -2.13. The Morgan fingerprint density at radius 1 is 1.71 bits per heavy atom. The third kappa shape index (κ3) is 2.40. The number of aromatic nitrogens is 2. The molecule has 5 nitrogen and oxygen atoms in total. The van der Waals surface area contributed by atoms with Gasteiger partial charge in [-0.2, -0.15) is 10.4 Å². The van der Waals surface area contributed by atoms with Crippen LogP contribution in [0.1, 0.15) is 12.5 Å². The van der Waals surface area contributed by atoms with Crippen LogP contribution in [0, 0.1) is 11.3 Å². The molecule has 2 rings (SSSR count). The summed E-state index contributed by atoms with van der Waals surface area (Å²) < 4.78 is 7.68. The zero-order chi connectivity index (χ0) is 12.4. The highest BCUT2D eigenvalue weighted by Crippen LogP contribution is 2.26. The maximum absolute atomic E-state index is 9.14. The molecule has 2 aromatic heterocycles. The van der Waals surface area contributed by atoms with E-state index in [0.29, 0.717) is 16.8 Å². The van der Waals surface area contributed by atoms with Gasteiger partial charge < -0.3 is 9.84 Å². The number of aliphatic hydroxyl groups excluding tert-OH is 1. The van der Waals surface area contributed by atoms with Crippen LogP contribution in [-0.4, -0.2) is 27.4 Å². The number of halogens is 1. The molecule has 0 fully saturated rings. The van der Waals surface area contributed by atoms with Gasteiger partial charge in [-0.15, -0.1) is 0 Å². The van der Waals surface area contributed by atoms with Crippen molar-refractivity contribution in [2.24, 2.45) is 0 Å². The Hall–Kier alpha value is -1.58. The van der Waals surface area contributed by atoms with Gasteiger partial charge in [-0.1, -0.05) is 0 Å². The van der Waals surface area contributed by atoms with Gasteiger partial charge in [-0.05, 0) is 28.9 Å². The number of hydrogen-bond acceptors (Lipinski definition) is 4. The Morgan fingerprint density at radius 3 is 3.12 bits per heavy atom. The van der Waals surface area contributed by atoms with Crippen LogP contribution in [0.2, 0.25) is 0 Å². The maximum Gasteiger partial charge on any atom is 0.138 e. The fourth-order valence-electron chi connectivity index (χ4n) is 1.43. The second-order valence-electron chi connectivity index (χ2n) is 3.65. The largest absolute Gasteiger partial charge is 0.489 e. The zero-order valence-corrected chi connectivity index (χ0v) is 10.7. The smallest absolute Gasteiger partial charge is 0.138 e. The Labute approximate surface area is 106 Å². The number of ether oxygens (including phenoxy) is 1. The highest BCUT2D eigenvalue weighted by atomic mass is 79.9. The fourth-order valence-corrected chi connectivity index (χ4v) is 2.05. The minimum absolute atomic E-state index is 0.213. The first-order valence-corrected chi connectivity index (χ1v) is 5.79. The highest BCUT2D eigenvalue weighted by molar-refractivity contribution is 9.10. The summed E-state index contributed by atoms with van der Waals surface area (Å²) in [6.07, 6.45) is 2.64. The highest BCUT2D eigenvalue weighted by Gasteiger charge is 2.10. The third-order valence-corrected chi connectivity index (χ3v) is 2.76. The lowest BCUT2D eigenvalue weighted by atomic mass is 10.3. The molecule has 6 heteroatoms. The van der Waals surface area contributed by atoms with Crippen molar-refractivity contribution in [1.82, 2.24) is 9.61 Å². The number of hydrogen-bond donors (Lipinski definition) is 1. The summed E-state index contributed by atoms with van der Waals surface area (Å²) in [5.74, 6) is 0.581. The summed E-state index contributed by atoms with van der Waals surface area (Å²) in [4.78, 5) is 0. The summed E-state index contributed by atoms with van der Waals surface area (Å²) in [5, 5.41) is 22.1. The summed E-state index contributed by atoms with van der Waals surface area (Å²) in [5.41, 5.74) is 1.20. The Bertz CT molecular complexity index is 586.